The van der Waals surface area contributed by atoms with Crippen molar-refractivity contribution in [3.63, 3.8) is 0 Å². The number of hydrogen-bond donors (Lipinski definition) is 0. The molecule has 0 N–H and O–H groups in total. The standard InChI is InChI=1S/C17H24N4O3S/c1-4-24-15-5-7-16(8-6-15)25(22,23)20-10-9-14(11-20)21-12-18-19-17(21)13(2)3/h5-8,12-14H,4,9-11H2,1-3H3. The van der Waals surface area contributed by atoms with Crippen LogP contribution in [0.15, 0.2) is 35.5 Å². The Bertz CT molecular complexity index is 815. The third-order valence-corrected chi connectivity index (χ3v) is 6.29. The van der Waals surface area contributed by atoms with Gasteiger partial charge >= 0.3 is 0 Å². The fourth-order valence-electron chi connectivity index (χ4n) is 3.13. The van der Waals surface area contributed by atoms with Crippen molar-refractivity contribution in [3.8, 4) is 5.75 Å². The Morgan fingerprint density at radius 3 is 2.64 bits per heavy atom. The SMILES string of the molecule is CCOc1ccc(S(=O)(=O)N2CCC(n3cnnc3C(C)C)C2)cc1. The van der Waals surface area contributed by atoms with Crippen LogP contribution >= 0.6 is 0 Å². The Kier molecular flexibility index (Phi) is 5.10. The average Bonchev–Trinajstić information content (AvgIpc) is 3.25. The van der Waals surface area contributed by atoms with Crippen LogP contribution in [0.2, 0.25) is 0 Å². The third-order valence-electron chi connectivity index (χ3n) is 4.41. The van der Waals surface area contributed by atoms with Crippen molar-refractivity contribution in [2.75, 3.05) is 19.7 Å². The van der Waals surface area contributed by atoms with E-state index < -0.39 is 10.0 Å². The summed E-state index contributed by atoms with van der Waals surface area (Å²) in [4.78, 5) is 0.296. The summed E-state index contributed by atoms with van der Waals surface area (Å²) in [6.45, 7) is 7.50. The van der Waals surface area contributed by atoms with E-state index in [4.69, 9.17) is 4.74 Å². The second-order valence-corrected chi connectivity index (χ2v) is 8.40. The molecule has 1 aromatic heterocycles. The molecule has 25 heavy (non-hydrogen) atoms. The smallest absolute Gasteiger partial charge is 0.243 e. The number of hydrogen-bond acceptors (Lipinski definition) is 5. The topological polar surface area (TPSA) is 77.3 Å². The van der Waals surface area contributed by atoms with Gasteiger partial charge in [-0.15, -0.1) is 10.2 Å². The molecule has 1 unspecified atom stereocenters. The van der Waals surface area contributed by atoms with Crippen molar-refractivity contribution in [1.29, 1.82) is 0 Å². The quantitative estimate of drug-likeness (QED) is 0.787. The second kappa shape index (κ2) is 7.13. The highest BCUT2D eigenvalue weighted by molar-refractivity contribution is 7.89. The number of sulfonamides is 1. The van der Waals surface area contributed by atoms with Gasteiger partial charge in [-0.25, -0.2) is 8.42 Å². The fraction of sp³-hybridized carbons (Fsp3) is 0.529. The summed E-state index contributed by atoms with van der Waals surface area (Å²) >= 11 is 0. The average molecular weight is 364 g/mol. The largest absolute Gasteiger partial charge is 0.494 e. The van der Waals surface area contributed by atoms with Gasteiger partial charge in [-0.1, -0.05) is 13.8 Å². The van der Waals surface area contributed by atoms with Crippen LogP contribution in [-0.2, 0) is 10.0 Å². The van der Waals surface area contributed by atoms with Gasteiger partial charge in [0.15, 0.2) is 0 Å². The van der Waals surface area contributed by atoms with Crippen LogP contribution < -0.4 is 4.74 Å². The van der Waals surface area contributed by atoms with Crippen molar-refractivity contribution in [1.82, 2.24) is 19.1 Å². The maximum Gasteiger partial charge on any atom is 0.243 e. The first-order chi connectivity index (χ1) is 11.9. The molecule has 7 nitrogen and oxygen atoms in total. The third kappa shape index (κ3) is 3.55. The highest BCUT2D eigenvalue weighted by Gasteiger charge is 2.34. The van der Waals surface area contributed by atoms with Crippen molar-refractivity contribution >= 4 is 10.0 Å². The molecule has 1 aromatic carbocycles. The van der Waals surface area contributed by atoms with Gasteiger partial charge in [-0.2, -0.15) is 4.31 Å². The van der Waals surface area contributed by atoms with Gasteiger partial charge in [-0.05, 0) is 37.6 Å². The van der Waals surface area contributed by atoms with E-state index in [2.05, 4.69) is 24.0 Å². The summed E-state index contributed by atoms with van der Waals surface area (Å²) in [6.07, 6.45) is 2.46. The molecule has 3 rings (SSSR count). The molecule has 0 amide bonds. The molecule has 1 atom stereocenters. The molecule has 0 saturated carbocycles. The predicted octanol–water partition coefficient (Wildman–Crippen LogP) is 2.44. The van der Waals surface area contributed by atoms with Gasteiger partial charge in [0.1, 0.15) is 17.9 Å². The second-order valence-electron chi connectivity index (χ2n) is 6.46. The maximum absolute atomic E-state index is 12.9. The monoisotopic (exact) mass is 364 g/mol. The fourth-order valence-corrected chi connectivity index (χ4v) is 4.62. The number of benzene rings is 1. The van der Waals surface area contributed by atoms with Crippen LogP contribution in [0.3, 0.4) is 0 Å². The Morgan fingerprint density at radius 1 is 1.28 bits per heavy atom. The van der Waals surface area contributed by atoms with Crippen LogP contribution in [-0.4, -0.2) is 47.2 Å². The molecular formula is C17H24N4O3S. The molecule has 0 aliphatic carbocycles. The van der Waals surface area contributed by atoms with E-state index >= 15 is 0 Å². The minimum atomic E-state index is -3.50. The lowest BCUT2D eigenvalue weighted by atomic mass is 10.2. The Balaban J connectivity index is 1.77. The molecule has 0 bridgehead atoms. The summed E-state index contributed by atoms with van der Waals surface area (Å²) in [6, 6.07) is 6.67. The van der Waals surface area contributed by atoms with Crippen molar-refractivity contribution in [2.24, 2.45) is 0 Å². The normalized spacial score (nSPS) is 18.8. The van der Waals surface area contributed by atoms with E-state index in [0.717, 1.165) is 12.2 Å². The zero-order valence-electron chi connectivity index (χ0n) is 14.8. The molecule has 0 spiro atoms. The van der Waals surface area contributed by atoms with Crippen LogP contribution in [0.4, 0.5) is 0 Å². The van der Waals surface area contributed by atoms with Crippen LogP contribution in [0.5, 0.6) is 5.75 Å². The lowest BCUT2D eigenvalue weighted by molar-refractivity contribution is 0.340. The van der Waals surface area contributed by atoms with Crippen LogP contribution in [0, 0.1) is 0 Å². The lowest BCUT2D eigenvalue weighted by Crippen LogP contribution is -2.29. The number of nitrogens with zero attached hydrogens (tertiary/aromatic N) is 4. The number of ether oxygens (including phenoxy) is 1. The van der Waals surface area contributed by atoms with E-state index in [1.807, 2.05) is 11.5 Å². The first kappa shape index (κ1) is 17.9. The van der Waals surface area contributed by atoms with E-state index in [1.165, 1.54) is 4.31 Å². The molecule has 0 radical (unpaired) electrons. The Labute approximate surface area is 148 Å². The van der Waals surface area contributed by atoms with Gasteiger partial charge in [0, 0.05) is 19.0 Å². The molecule has 2 heterocycles. The summed E-state index contributed by atoms with van der Waals surface area (Å²) < 4.78 is 34.7. The van der Waals surface area contributed by atoms with Crippen molar-refractivity contribution in [2.45, 2.75) is 44.0 Å². The van der Waals surface area contributed by atoms with Gasteiger partial charge in [0.25, 0.3) is 0 Å². The van der Waals surface area contributed by atoms with Gasteiger partial charge in [-0.3, -0.25) is 0 Å². The molecule has 1 fully saturated rings. The van der Waals surface area contributed by atoms with Crippen LogP contribution in [0.25, 0.3) is 0 Å². The summed E-state index contributed by atoms with van der Waals surface area (Å²) in [5.74, 6) is 1.82. The molecule has 1 saturated heterocycles. The highest BCUT2D eigenvalue weighted by atomic mass is 32.2. The van der Waals surface area contributed by atoms with E-state index in [9.17, 15) is 8.42 Å². The minimum Gasteiger partial charge on any atom is -0.494 e. The highest BCUT2D eigenvalue weighted by Crippen LogP contribution is 2.29. The van der Waals surface area contributed by atoms with Gasteiger partial charge in [0.05, 0.1) is 17.5 Å². The Hall–Kier alpha value is -1.93. The van der Waals surface area contributed by atoms with Gasteiger partial charge < -0.3 is 9.30 Å². The molecule has 1 aliphatic rings. The summed E-state index contributed by atoms with van der Waals surface area (Å²) in [5, 5.41) is 8.16. The lowest BCUT2D eigenvalue weighted by Gasteiger charge is -2.18. The zero-order chi connectivity index (χ0) is 18.0. The van der Waals surface area contributed by atoms with Crippen LogP contribution in [0.1, 0.15) is 45.0 Å². The number of rotatable bonds is 6. The summed E-state index contributed by atoms with van der Waals surface area (Å²) in [5.41, 5.74) is 0. The first-order valence-electron chi connectivity index (χ1n) is 8.56. The molecule has 8 heteroatoms. The molecule has 136 valence electrons. The van der Waals surface area contributed by atoms with E-state index in [1.54, 1.807) is 30.6 Å². The van der Waals surface area contributed by atoms with Crippen molar-refractivity contribution in [3.05, 3.63) is 36.4 Å². The summed E-state index contributed by atoms with van der Waals surface area (Å²) in [7, 11) is -3.50. The van der Waals surface area contributed by atoms with E-state index in [0.29, 0.717) is 30.3 Å². The minimum absolute atomic E-state index is 0.0740. The maximum atomic E-state index is 12.9. The molecule has 1 aliphatic heterocycles. The van der Waals surface area contributed by atoms with Gasteiger partial charge in [0.2, 0.25) is 10.0 Å². The number of aromatic nitrogens is 3. The van der Waals surface area contributed by atoms with Crippen molar-refractivity contribution < 1.29 is 13.2 Å². The zero-order valence-corrected chi connectivity index (χ0v) is 15.6. The van der Waals surface area contributed by atoms with E-state index in [-0.39, 0.29) is 12.0 Å². The molecular weight excluding hydrogens is 340 g/mol. The first-order valence-corrected chi connectivity index (χ1v) is 10.00. The Morgan fingerprint density at radius 2 is 2.00 bits per heavy atom. The molecule has 2 aromatic rings. The predicted molar refractivity (Wildman–Crippen MR) is 94.1 cm³/mol.